The summed E-state index contributed by atoms with van der Waals surface area (Å²) in [5.74, 6) is 2.96. The fourth-order valence-electron chi connectivity index (χ4n) is 2.81. The minimum atomic E-state index is 0.639. The third-order valence-corrected chi connectivity index (χ3v) is 4.09. The van der Waals surface area contributed by atoms with Crippen LogP contribution in [-0.2, 0) is 6.42 Å². The highest BCUT2D eigenvalue weighted by molar-refractivity contribution is 5.90. The zero-order valence-electron chi connectivity index (χ0n) is 15.4. The molecule has 0 amide bonds. The number of hydrogen-bond acceptors (Lipinski definition) is 6. The van der Waals surface area contributed by atoms with Crippen molar-refractivity contribution in [1.29, 1.82) is 0 Å². The number of aromatic nitrogens is 2. The molecule has 2 N–H and O–H groups in total. The molecule has 1 heterocycles. The number of anilines is 2. The van der Waals surface area contributed by atoms with Crippen LogP contribution in [0.3, 0.4) is 0 Å². The van der Waals surface area contributed by atoms with Crippen LogP contribution in [0.15, 0.2) is 42.5 Å². The highest BCUT2D eigenvalue weighted by Crippen LogP contribution is 2.28. The van der Waals surface area contributed by atoms with Gasteiger partial charge in [-0.2, -0.15) is 4.98 Å². The van der Waals surface area contributed by atoms with Gasteiger partial charge in [0.1, 0.15) is 5.82 Å². The van der Waals surface area contributed by atoms with Gasteiger partial charge in [-0.05, 0) is 43.2 Å². The predicted molar refractivity (Wildman–Crippen MR) is 105 cm³/mol. The Hall–Kier alpha value is -3.02. The lowest BCUT2D eigenvalue weighted by Crippen LogP contribution is -2.10. The quantitative estimate of drug-likeness (QED) is 0.644. The average molecular weight is 352 g/mol. The van der Waals surface area contributed by atoms with Crippen LogP contribution in [0.25, 0.3) is 10.9 Å². The molecule has 0 aliphatic carbocycles. The molecule has 136 valence electrons. The number of hydrogen-bond donors (Lipinski definition) is 2. The number of benzene rings is 2. The van der Waals surface area contributed by atoms with Crippen molar-refractivity contribution in [1.82, 2.24) is 9.97 Å². The Labute approximate surface area is 153 Å². The fraction of sp³-hybridized carbons (Fsp3) is 0.300. The van der Waals surface area contributed by atoms with Gasteiger partial charge in [0.25, 0.3) is 0 Å². The van der Waals surface area contributed by atoms with Crippen molar-refractivity contribution in [3.05, 3.63) is 48.0 Å². The summed E-state index contributed by atoms with van der Waals surface area (Å²) < 4.78 is 10.7. The van der Waals surface area contributed by atoms with Gasteiger partial charge in [-0.3, -0.25) is 0 Å². The Morgan fingerprint density at radius 3 is 2.50 bits per heavy atom. The van der Waals surface area contributed by atoms with E-state index in [2.05, 4.69) is 20.6 Å². The molecule has 0 bridgehead atoms. The highest BCUT2D eigenvalue weighted by Gasteiger charge is 2.08. The maximum Gasteiger partial charge on any atom is 0.225 e. The summed E-state index contributed by atoms with van der Waals surface area (Å²) in [4.78, 5) is 9.15. The predicted octanol–water partition coefficient (Wildman–Crippen LogP) is 3.73. The molecule has 0 radical (unpaired) electrons. The van der Waals surface area contributed by atoms with E-state index in [9.17, 15) is 0 Å². The minimum absolute atomic E-state index is 0.639. The van der Waals surface area contributed by atoms with Crippen LogP contribution in [0.4, 0.5) is 11.8 Å². The maximum absolute atomic E-state index is 5.37. The van der Waals surface area contributed by atoms with Gasteiger partial charge < -0.3 is 20.1 Å². The van der Waals surface area contributed by atoms with Crippen LogP contribution in [0.5, 0.6) is 11.5 Å². The van der Waals surface area contributed by atoms with Gasteiger partial charge in [0.2, 0.25) is 5.95 Å². The number of nitrogens with one attached hydrogen (secondary N) is 2. The number of rotatable bonds is 8. The lowest BCUT2D eigenvalue weighted by Gasteiger charge is -2.12. The Kier molecular flexibility index (Phi) is 5.73. The molecule has 2 aromatic carbocycles. The summed E-state index contributed by atoms with van der Waals surface area (Å²) in [6, 6.07) is 14.0. The molecule has 0 unspecified atom stereocenters. The first-order valence-corrected chi connectivity index (χ1v) is 8.70. The molecule has 6 heteroatoms. The lowest BCUT2D eigenvalue weighted by atomic mass is 10.1. The van der Waals surface area contributed by atoms with Crippen LogP contribution >= 0.6 is 0 Å². The Morgan fingerprint density at radius 1 is 0.923 bits per heavy atom. The van der Waals surface area contributed by atoms with Crippen molar-refractivity contribution in [3.63, 3.8) is 0 Å². The standard InChI is InChI=1S/C20H24N4O2/c1-4-21-20-23-16-8-6-5-7-15(16)19(24-20)22-12-11-14-9-10-17(25-2)18(13-14)26-3/h5-10,13H,4,11-12H2,1-3H3,(H2,21,22,23,24). The summed E-state index contributed by atoms with van der Waals surface area (Å²) in [6.07, 6.45) is 0.842. The van der Waals surface area contributed by atoms with Crippen LogP contribution in [0.1, 0.15) is 12.5 Å². The highest BCUT2D eigenvalue weighted by atomic mass is 16.5. The van der Waals surface area contributed by atoms with Gasteiger partial charge in [-0.15, -0.1) is 0 Å². The largest absolute Gasteiger partial charge is 0.493 e. The third-order valence-electron chi connectivity index (χ3n) is 4.09. The van der Waals surface area contributed by atoms with Crippen molar-refractivity contribution in [2.45, 2.75) is 13.3 Å². The van der Waals surface area contributed by atoms with Crippen LogP contribution in [0, 0.1) is 0 Å². The van der Waals surface area contributed by atoms with E-state index in [1.807, 2.05) is 49.4 Å². The average Bonchev–Trinajstić information content (AvgIpc) is 2.68. The number of fused-ring (bicyclic) bond motifs is 1. The lowest BCUT2D eigenvalue weighted by molar-refractivity contribution is 0.354. The second kappa shape index (κ2) is 8.38. The summed E-state index contributed by atoms with van der Waals surface area (Å²) in [6.45, 7) is 3.56. The molecule has 0 saturated heterocycles. The Bertz CT molecular complexity index is 883. The molecule has 3 rings (SSSR count). The van der Waals surface area contributed by atoms with E-state index >= 15 is 0 Å². The molecular weight excluding hydrogens is 328 g/mol. The molecule has 0 fully saturated rings. The molecule has 26 heavy (non-hydrogen) atoms. The van der Waals surface area contributed by atoms with Crippen LogP contribution < -0.4 is 20.1 Å². The van der Waals surface area contributed by atoms with E-state index in [1.54, 1.807) is 14.2 Å². The SMILES string of the molecule is CCNc1nc(NCCc2ccc(OC)c(OC)c2)c2ccccc2n1. The summed E-state index contributed by atoms with van der Waals surface area (Å²) in [5.41, 5.74) is 2.09. The molecule has 0 aliphatic heterocycles. The van der Waals surface area contributed by atoms with E-state index < -0.39 is 0 Å². The fourth-order valence-corrected chi connectivity index (χ4v) is 2.81. The van der Waals surface area contributed by atoms with E-state index in [4.69, 9.17) is 9.47 Å². The number of nitrogens with zero attached hydrogens (tertiary/aromatic N) is 2. The summed E-state index contributed by atoms with van der Waals surface area (Å²) >= 11 is 0. The van der Waals surface area contributed by atoms with Crippen molar-refractivity contribution in [2.75, 3.05) is 37.9 Å². The van der Waals surface area contributed by atoms with E-state index in [0.717, 1.165) is 47.7 Å². The van der Waals surface area contributed by atoms with Crippen LogP contribution in [0.2, 0.25) is 0 Å². The molecule has 0 spiro atoms. The van der Waals surface area contributed by atoms with Gasteiger partial charge in [-0.1, -0.05) is 18.2 Å². The van der Waals surface area contributed by atoms with Crippen molar-refractivity contribution in [3.8, 4) is 11.5 Å². The summed E-state index contributed by atoms with van der Waals surface area (Å²) in [7, 11) is 3.29. The number of ether oxygens (including phenoxy) is 2. The van der Waals surface area contributed by atoms with Crippen molar-refractivity contribution >= 4 is 22.7 Å². The van der Waals surface area contributed by atoms with E-state index in [1.165, 1.54) is 5.56 Å². The topological polar surface area (TPSA) is 68.3 Å². The first-order valence-electron chi connectivity index (χ1n) is 8.70. The second-order valence-corrected chi connectivity index (χ2v) is 5.81. The minimum Gasteiger partial charge on any atom is -0.493 e. The number of methoxy groups -OCH3 is 2. The van der Waals surface area contributed by atoms with Gasteiger partial charge in [0.05, 0.1) is 19.7 Å². The van der Waals surface area contributed by atoms with Crippen molar-refractivity contribution in [2.24, 2.45) is 0 Å². The zero-order chi connectivity index (χ0) is 18.4. The first kappa shape index (κ1) is 17.8. The number of para-hydroxylation sites is 1. The third kappa shape index (κ3) is 3.96. The molecule has 3 aromatic rings. The molecule has 0 atom stereocenters. The van der Waals surface area contributed by atoms with Crippen molar-refractivity contribution < 1.29 is 9.47 Å². The van der Waals surface area contributed by atoms with E-state index in [-0.39, 0.29) is 0 Å². The maximum atomic E-state index is 5.37. The normalized spacial score (nSPS) is 10.6. The van der Waals surface area contributed by atoms with E-state index in [0.29, 0.717) is 5.95 Å². The molecular formula is C20H24N4O2. The molecule has 0 saturated carbocycles. The molecule has 6 nitrogen and oxygen atoms in total. The first-order chi connectivity index (χ1) is 12.7. The molecule has 0 aliphatic rings. The van der Waals surface area contributed by atoms with Gasteiger partial charge >= 0.3 is 0 Å². The Balaban J connectivity index is 1.75. The van der Waals surface area contributed by atoms with Crippen LogP contribution in [-0.4, -0.2) is 37.3 Å². The summed E-state index contributed by atoms with van der Waals surface area (Å²) in [5, 5.41) is 7.64. The van der Waals surface area contributed by atoms with Gasteiger partial charge in [0.15, 0.2) is 11.5 Å². The zero-order valence-corrected chi connectivity index (χ0v) is 15.4. The molecule has 1 aromatic heterocycles. The van der Waals surface area contributed by atoms with Gasteiger partial charge in [0, 0.05) is 18.5 Å². The van der Waals surface area contributed by atoms with Gasteiger partial charge in [-0.25, -0.2) is 4.98 Å². The Morgan fingerprint density at radius 2 is 1.73 bits per heavy atom. The second-order valence-electron chi connectivity index (χ2n) is 5.81. The smallest absolute Gasteiger partial charge is 0.225 e. The monoisotopic (exact) mass is 352 g/mol.